The fourth-order valence-corrected chi connectivity index (χ4v) is 5.17. The number of halogens is 2. The Kier molecular flexibility index (Phi) is 4.77. The molecule has 1 saturated carbocycles. The molecule has 150 valence electrons. The quantitative estimate of drug-likeness (QED) is 0.773. The van der Waals surface area contributed by atoms with E-state index in [1.165, 1.54) is 25.0 Å². The van der Waals surface area contributed by atoms with Gasteiger partial charge in [0.1, 0.15) is 23.3 Å². The summed E-state index contributed by atoms with van der Waals surface area (Å²) in [6.07, 6.45) is 5.62. The van der Waals surface area contributed by atoms with Crippen LogP contribution in [0.5, 0.6) is 0 Å². The van der Waals surface area contributed by atoms with Gasteiger partial charge in [-0.2, -0.15) is 0 Å². The minimum absolute atomic E-state index is 0.0796. The summed E-state index contributed by atoms with van der Waals surface area (Å²) in [5, 5.41) is 0.325. The second kappa shape index (κ2) is 7.28. The summed E-state index contributed by atoms with van der Waals surface area (Å²) in [6.45, 7) is 2.86. The lowest BCUT2D eigenvalue weighted by atomic mass is 9.87. The minimum Gasteiger partial charge on any atom is -0.461 e. The number of aromatic amines is 1. The normalized spacial score (nSPS) is 25.9. The van der Waals surface area contributed by atoms with E-state index in [-0.39, 0.29) is 17.9 Å². The Morgan fingerprint density at radius 1 is 1.29 bits per heavy atom. The molecule has 2 bridgehead atoms. The first kappa shape index (κ1) is 18.3. The van der Waals surface area contributed by atoms with E-state index in [2.05, 4.69) is 19.8 Å². The van der Waals surface area contributed by atoms with Crippen LogP contribution >= 0.6 is 11.6 Å². The Balaban J connectivity index is 1.17. The van der Waals surface area contributed by atoms with E-state index in [0.29, 0.717) is 41.2 Å². The van der Waals surface area contributed by atoms with Crippen molar-refractivity contribution in [1.82, 2.24) is 19.8 Å². The highest BCUT2D eigenvalue weighted by Gasteiger charge is 2.45. The Bertz CT molecular complexity index is 886. The van der Waals surface area contributed by atoms with Gasteiger partial charge in [0.05, 0.1) is 23.6 Å². The first-order chi connectivity index (χ1) is 13.5. The molecule has 8 heteroatoms. The molecule has 2 unspecified atom stereocenters. The van der Waals surface area contributed by atoms with E-state index < -0.39 is 0 Å². The highest BCUT2D eigenvalue weighted by Crippen LogP contribution is 2.33. The molecule has 0 radical (unpaired) electrons. The average Bonchev–Trinajstić information content (AvgIpc) is 3.29. The first-order valence-electron chi connectivity index (χ1n) is 10.1. The maximum Gasteiger partial charge on any atom is 0.320 e. The van der Waals surface area contributed by atoms with Crippen LogP contribution in [-0.4, -0.2) is 63.6 Å². The van der Waals surface area contributed by atoms with Gasteiger partial charge in [0.2, 0.25) is 0 Å². The van der Waals surface area contributed by atoms with Crippen molar-refractivity contribution in [3.8, 4) is 0 Å². The maximum absolute atomic E-state index is 13.5. The number of fused-ring (bicyclic) bond motifs is 3. The number of nitrogens with one attached hydrogen (secondary N) is 1. The molecule has 28 heavy (non-hydrogen) atoms. The van der Waals surface area contributed by atoms with Crippen molar-refractivity contribution in [3.63, 3.8) is 0 Å². The number of H-pyrrole nitrogens is 1. The van der Waals surface area contributed by atoms with Crippen LogP contribution in [0.2, 0.25) is 5.02 Å². The standard InChI is InChI=1S/C20H24ClFN4O2/c21-16-5-12(22)6-17-20(16)24-18(23-17)10-25-8-13-7-14(9-25)26(13)11-19(27)28-15-3-1-2-4-15/h5-6,13-15H,1-4,7-11H2,(H,23,24). The summed E-state index contributed by atoms with van der Waals surface area (Å²) in [6, 6.07) is 3.48. The van der Waals surface area contributed by atoms with Crippen molar-refractivity contribution < 1.29 is 13.9 Å². The molecular weight excluding hydrogens is 383 g/mol. The molecule has 1 aromatic heterocycles. The molecule has 0 spiro atoms. The predicted molar refractivity (Wildman–Crippen MR) is 104 cm³/mol. The molecule has 1 aromatic carbocycles. The van der Waals surface area contributed by atoms with Crippen LogP contribution in [0.1, 0.15) is 37.9 Å². The molecular formula is C20H24ClFN4O2. The second-order valence-corrected chi connectivity index (χ2v) is 8.68. The summed E-state index contributed by atoms with van der Waals surface area (Å²) in [5.41, 5.74) is 1.23. The number of ether oxygens (including phenoxy) is 1. The largest absolute Gasteiger partial charge is 0.461 e. The fourth-order valence-electron chi connectivity index (χ4n) is 4.92. The third-order valence-corrected chi connectivity index (χ3v) is 6.55. The van der Waals surface area contributed by atoms with Crippen molar-refractivity contribution >= 4 is 28.6 Å². The molecule has 4 heterocycles. The third-order valence-electron chi connectivity index (χ3n) is 6.26. The lowest BCUT2D eigenvalue weighted by Crippen LogP contribution is -2.69. The Labute approximate surface area is 168 Å². The lowest BCUT2D eigenvalue weighted by Gasteiger charge is -2.56. The topological polar surface area (TPSA) is 61.5 Å². The van der Waals surface area contributed by atoms with E-state index in [0.717, 1.165) is 38.2 Å². The monoisotopic (exact) mass is 406 g/mol. The van der Waals surface area contributed by atoms with E-state index in [1.807, 2.05) is 0 Å². The number of hydrogen-bond donors (Lipinski definition) is 1. The molecule has 0 amide bonds. The highest BCUT2D eigenvalue weighted by molar-refractivity contribution is 6.34. The van der Waals surface area contributed by atoms with E-state index in [1.54, 1.807) is 0 Å². The van der Waals surface area contributed by atoms with E-state index >= 15 is 0 Å². The molecule has 2 atom stereocenters. The van der Waals surface area contributed by atoms with Gasteiger partial charge in [-0.25, -0.2) is 9.37 Å². The van der Waals surface area contributed by atoms with Crippen LogP contribution in [0.25, 0.3) is 11.0 Å². The van der Waals surface area contributed by atoms with Crippen molar-refractivity contribution in [2.45, 2.75) is 56.8 Å². The zero-order valence-electron chi connectivity index (χ0n) is 15.7. The molecule has 6 nitrogen and oxygen atoms in total. The van der Waals surface area contributed by atoms with Gasteiger partial charge >= 0.3 is 5.97 Å². The number of piperidine rings is 1. The second-order valence-electron chi connectivity index (χ2n) is 8.27. The summed E-state index contributed by atoms with van der Waals surface area (Å²) >= 11 is 6.09. The van der Waals surface area contributed by atoms with Crippen LogP contribution in [0.3, 0.4) is 0 Å². The van der Waals surface area contributed by atoms with Gasteiger partial charge in [-0.05, 0) is 44.2 Å². The molecule has 3 aliphatic heterocycles. The molecule has 1 N–H and O–H groups in total. The van der Waals surface area contributed by atoms with Crippen LogP contribution in [0.15, 0.2) is 12.1 Å². The summed E-state index contributed by atoms with van der Waals surface area (Å²) in [4.78, 5) is 24.5. The number of carbonyl (C=O) groups excluding carboxylic acids is 1. The third kappa shape index (κ3) is 3.51. The number of piperazine rings is 1. The SMILES string of the molecule is O=C(CN1C2CC1CN(Cc1nc3c(Cl)cc(F)cc3[nH]1)C2)OC1CCCC1. The number of rotatable bonds is 5. The predicted octanol–water partition coefficient (Wildman–Crippen LogP) is 3.10. The number of benzene rings is 1. The van der Waals surface area contributed by atoms with Gasteiger partial charge in [-0.3, -0.25) is 14.6 Å². The van der Waals surface area contributed by atoms with Crippen LogP contribution < -0.4 is 0 Å². The number of carbonyl (C=O) groups is 1. The van der Waals surface area contributed by atoms with Gasteiger partial charge in [-0.1, -0.05) is 11.6 Å². The lowest BCUT2D eigenvalue weighted by molar-refractivity contribution is -0.158. The molecule has 1 aliphatic carbocycles. The van der Waals surface area contributed by atoms with Crippen LogP contribution in [-0.2, 0) is 16.1 Å². The molecule has 3 saturated heterocycles. The first-order valence-corrected chi connectivity index (χ1v) is 10.4. The Morgan fingerprint density at radius 3 is 2.79 bits per heavy atom. The maximum atomic E-state index is 13.5. The number of hydrogen-bond acceptors (Lipinski definition) is 5. The minimum atomic E-state index is -0.368. The van der Waals surface area contributed by atoms with Crippen molar-refractivity contribution in [2.75, 3.05) is 19.6 Å². The van der Waals surface area contributed by atoms with E-state index in [4.69, 9.17) is 16.3 Å². The van der Waals surface area contributed by atoms with Gasteiger partial charge in [0.25, 0.3) is 0 Å². The average molecular weight is 407 g/mol. The Morgan fingerprint density at radius 2 is 2.04 bits per heavy atom. The number of imidazole rings is 1. The molecule has 2 aromatic rings. The molecule has 4 aliphatic rings. The van der Waals surface area contributed by atoms with Crippen molar-refractivity contribution in [2.24, 2.45) is 0 Å². The Hall–Kier alpha value is -1.70. The highest BCUT2D eigenvalue weighted by atomic mass is 35.5. The number of esters is 1. The van der Waals surface area contributed by atoms with Gasteiger partial charge < -0.3 is 9.72 Å². The zero-order valence-corrected chi connectivity index (χ0v) is 16.4. The molecule has 4 fully saturated rings. The zero-order chi connectivity index (χ0) is 19.3. The van der Waals surface area contributed by atoms with Gasteiger partial charge in [0.15, 0.2) is 0 Å². The van der Waals surface area contributed by atoms with Gasteiger partial charge in [-0.15, -0.1) is 0 Å². The van der Waals surface area contributed by atoms with Crippen LogP contribution in [0.4, 0.5) is 4.39 Å². The summed E-state index contributed by atoms with van der Waals surface area (Å²) < 4.78 is 19.1. The van der Waals surface area contributed by atoms with Gasteiger partial charge in [0, 0.05) is 25.2 Å². The van der Waals surface area contributed by atoms with Crippen molar-refractivity contribution in [1.29, 1.82) is 0 Å². The number of nitrogens with zero attached hydrogens (tertiary/aromatic N) is 3. The number of aromatic nitrogens is 2. The summed E-state index contributed by atoms with van der Waals surface area (Å²) in [5.74, 6) is 0.340. The van der Waals surface area contributed by atoms with Crippen molar-refractivity contribution in [3.05, 3.63) is 28.8 Å². The fraction of sp³-hybridized carbons (Fsp3) is 0.600. The van der Waals surface area contributed by atoms with E-state index in [9.17, 15) is 9.18 Å². The summed E-state index contributed by atoms with van der Waals surface area (Å²) in [7, 11) is 0. The smallest absolute Gasteiger partial charge is 0.320 e. The molecule has 6 rings (SSSR count). The van der Waals surface area contributed by atoms with Crippen LogP contribution in [0, 0.1) is 5.82 Å².